The molecule has 0 aromatic heterocycles. The lowest BCUT2D eigenvalue weighted by atomic mass is 9.92. The summed E-state index contributed by atoms with van der Waals surface area (Å²) < 4.78 is 5.46. The highest BCUT2D eigenvalue weighted by Gasteiger charge is 2.35. The maximum Gasteiger partial charge on any atom is 0.331 e. The van der Waals surface area contributed by atoms with Gasteiger partial charge >= 0.3 is 5.97 Å². The van der Waals surface area contributed by atoms with Gasteiger partial charge in [-0.1, -0.05) is 84.9 Å². The molecule has 0 radical (unpaired) electrons. The molecule has 2 atom stereocenters. The fourth-order valence-electron chi connectivity index (χ4n) is 4.10. The number of hydrogen-bond acceptors (Lipinski definition) is 3. The van der Waals surface area contributed by atoms with E-state index in [1.54, 1.807) is 0 Å². The van der Waals surface area contributed by atoms with Crippen molar-refractivity contribution in [2.24, 2.45) is 4.99 Å². The molecular formula is C26H25NO2. The SMILES string of the molecule is CCOC(=O)C(N=C(c1ccccc1)c1ccccc1)C1CCc2ccccc21. The number of carbonyl (C=O) groups excluding carboxylic acids is 1. The molecule has 4 rings (SSSR count). The third-order valence-corrected chi connectivity index (χ3v) is 5.45. The van der Waals surface area contributed by atoms with Crippen molar-refractivity contribution < 1.29 is 9.53 Å². The largest absolute Gasteiger partial charge is 0.464 e. The quantitative estimate of drug-likeness (QED) is 0.434. The molecule has 0 saturated carbocycles. The summed E-state index contributed by atoms with van der Waals surface area (Å²) in [5.41, 5.74) is 5.35. The lowest BCUT2D eigenvalue weighted by molar-refractivity contribution is -0.145. The minimum Gasteiger partial charge on any atom is -0.464 e. The van der Waals surface area contributed by atoms with Crippen LogP contribution in [0.5, 0.6) is 0 Å². The summed E-state index contributed by atoms with van der Waals surface area (Å²) in [4.78, 5) is 18.1. The molecule has 3 aromatic rings. The predicted molar refractivity (Wildman–Crippen MR) is 116 cm³/mol. The number of hydrogen-bond donors (Lipinski definition) is 0. The van der Waals surface area contributed by atoms with E-state index in [-0.39, 0.29) is 11.9 Å². The van der Waals surface area contributed by atoms with Crippen molar-refractivity contribution in [2.45, 2.75) is 31.7 Å². The summed E-state index contributed by atoms with van der Waals surface area (Å²) in [5.74, 6) is -0.216. The molecule has 3 nitrogen and oxygen atoms in total. The normalized spacial score (nSPS) is 16.0. The fraction of sp³-hybridized carbons (Fsp3) is 0.231. The lowest BCUT2D eigenvalue weighted by Crippen LogP contribution is -2.29. The van der Waals surface area contributed by atoms with Gasteiger partial charge in [-0.15, -0.1) is 0 Å². The highest BCUT2D eigenvalue weighted by Crippen LogP contribution is 2.37. The summed E-state index contributed by atoms with van der Waals surface area (Å²) in [6, 6.07) is 27.9. The van der Waals surface area contributed by atoms with E-state index in [2.05, 4.69) is 18.2 Å². The van der Waals surface area contributed by atoms with E-state index in [1.807, 2.05) is 73.7 Å². The molecule has 3 aromatic carbocycles. The minimum atomic E-state index is -0.561. The van der Waals surface area contributed by atoms with E-state index in [0.29, 0.717) is 6.61 Å². The third-order valence-electron chi connectivity index (χ3n) is 5.45. The zero-order valence-electron chi connectivity index (χ0n) is 16.6. The van der Waals surface area contributed by atoms with Crippen LogP contribution in [0.1, 0.15) is 41.5 Å². The summed E-state index contributed by atoms with van der Waals surface area (Å²) in [6.07, 6.45) is 1.88. The second-order valence-electron chi connectivity index (χ2n) is 7.25. The zero-order chi connectivity index (χ0) is 20.1. The maximum absolute atomic E-state index is 13.0. The number of aryl methyl sites for hydroxylation is 1. The van der Waals surface area contributed by atoms with Gasteiger partial charge in [0.2, 0.25) is 0 Å². The van der Waals surface area contributed by atoms with E-state index in [9.17, 15) is 4.79 Å². The predicted octanol–water partition coefficient (Wildman–Crippen LogP) is 5.19. The Bertz CT molecular complexity index is 954. The molecule has 0 spiro atoms. The van der Waals surface area contributed by atoms with Crippen molar-refractivity contribution in [3.05, 3.63) is 107 Å². The lowest BCUT2D eigenvalue weighted by Gasteiger charge is -2.21. The van der Waals surface area contributed by atoms with E-state index >= 15 is 0 Å². The van der Waals surface area contributed by atoms with Gasteiger partial charge in [0.05, 0.1) is 12.3 Å². The first-order chi connectivity index (χ1) is 14.3. The summed E-state index contributed by atoms with van der Waals surface area (Å²) in [7, 11) is 0. The van der Waals surface area contributed by atoms with Crippen LogP contribution in [0, 0.1) is 0 Å². The van der Waals surface area contributed by atoms with Crippen molar-refractivity contribution in [1.82, 2.24) is 0 Å². The molecule has 29 heavy (non-hydrogen) atoms. The van der Waals surface area contributed by atoms with Crippen LogP contribution in [0.15, 0.2) is 89.9 Å². The summed E-state index contributed by atoms with van der Waals surface area (Å²) in [6.45, 7) is 2.20. The Balaban J connectivity index is 1.82. The molecule has 0 heterocycles. The van der Waals surface area contributed by atoms with E-state index in [1.165, 1.54) is 11.1 Å². The molecule has 0 aliphatic heterocycles. The zero-order valence-corrected chi connectivity index (χ0v) is 16.6. The molecule has 2 unspecified atom stereocenters. The van der Waals surface area contributed by atoms with Gasteiger partial charge in [-0.25, -0.2) is 4.79 Å². The molecule has 0 fully saturated rings. The average Bonchev–Trinajstić information content (AvgIpc) is 3.20. The number of carbonyl (C=O) groups is 1. The molecular weight excluding hydrogens is 358 g/mol. The number of fused-ring (bicyclic) bond motifs is 1. The molecule has 3 heteroatoms. The Hall–Kier alpha value is -3.20. The van der Waals surface area contributed by atoms with Crippen LogP contribution in [0.4, 0.5) is 0 Å². The average molecular weight is 383 g/mol. The van der Waals surface area contributed by atoms with Crippen LogP contribution >= 0.6 is 0 Å². The van der Waals surface area contributed by atoms with Gasteiger partial charge in [-0.05, 0) is 30.9 Å². The number of benzene rings is 3. The first-order valence-corrected chi connectivity index (χ1v) is 10.2. The molecule has 146 valence electrons. The van der Waals surface area contributed by atoms with Gasteiger partial charge in [0.25, 0.3) is 0 Å². The standard InChI is InChI=1S/C26H25NO2/c1-2-29-26(28)25(23-18-17-19-11-9-10-16-22(19)23)27-24(20-12-5-3-6-13-20)21-14-7-4-8-15-21/h3-16,23,25H,2,17-18H2,1H3. The van der Waals surface area contributed by atoms with Crippen molar-refractivity contribution in [2.75, 3.05) is 6.61 Å². The number of esters is 1. The third kappa shape index (κ3) is 4.14. The van der Waals surface area contributed by atoms with E-state index in [0.717, 1.165) is 29.7 Å². The van der Waals surface area contributed by atoms with E-state index < -0.39 is 6.04 Å². The Morgan fingerprint density at radius 3 is 2.14 bits per heavy atom. The number of aliphatic imine (C=N–C) groups is 1. The molecule has 1 aliphatic carbocycles. The van der Waals surface area contributed by atoms with Crippen molar-refractivity contribution in [3.63, 3.8) is 0 Å². The second-order valence-corrected chi connectivity index (χ2v) is 7.25. The maximum atomic E-state index is 13.0. The fourth-order valence-corrected chi connectivity index (χ4v) is 4.10. The second kappa shape index (κ2) is 8.87. The van der Waals surface area contributed by atoms with Crippen LogP contribution in [0.25, 0.3) is 0 Å². The summed E-state index contributed by atoms with van der Waals surface area (Å²) >= 11 is 0. The van der Waals surface area contributed by atoms with Crippen LogP contribution in [-0.2, 0) is 16.0 Å². The minimum absolute atomic E-state index is 0.0349. The molecule has 0 saturated heterocycles. The van der Waals surface area contributed by atoms with Crippen molar-refractivity contribution in [3.8, 4) is 0 Å². The Labute approximate surface area is 172 Å². The van der Waals surface area contributed by atoms with Gasteiger partial charge in [0, 0.05) is 17.0 Å². The highest BCUT2D eigenvalue weighted by atomic mass is 16.5. The van der Waals surface area contributed by atoms with Crippen molar-refractivity contribution >= 4 is 11.7 Å². The molecule has 0 N–H and O–H groups in total. The van der Waals surface area contributed by atoms with Crippen molar-refractivity contribution in [1.29, 1.82) is 0 Å². The van der Waals surface area contributed by atoms with Crippen LogP contribution in [-0.4, -0.2) is 24.3 Å². The van der Waals surface area contributed by atoms with Gasteiger partial charge < -0.3 is 4.74 Å². The van der Waals surface area contributed by atoms with Crippen LogP contribution in [0.2, 0.25) is 0 Å². The van der Waals surface area contributed by atoms with Crippen LogP contribution < -0.4 is 0 Å². The Morgan fingerprint density at radius 1 is 0.931 bits per heavy atom. The first kappa shape index (κ1) is 19.1. The molecule has 0 amide bonds. The monoisotopic (exact) mass is 383 g/mol. The topological polar surface area (TPSA) is 38.7 Å². The van der Waals surface area contributed by atoms with E-state index in [4.69, 9.17) is 9.73 Å². The smallest absolute Gasteiger partial charge is 0.331 e. The van der Waals surface area contributed by atoms with Gasteiger partial charge in [0.1, 0.15) is 0 Å². The molecule has 1 aliphatic rings. The number of nitrogens with zero attached hydrogens (tertiary/aromatic N) is 1. The highest BCUT2D eigenvalue weighted by molar-refractivity contribution is 6.13. The Morgan fingerprint density at radius 2 is 1.52 bits per heavy atom. The molecule has 0 bridgehead atoms. The van der Waals surface area contributed by atoms with Gasteiger partial charge in [-0.3, -0.25) is 4.99 Å². The van der Waals surface area contributed by atoms with Gasteiger partial charge in [-0.2, -0.15) is 0 Å². The summed E-state index contributed by atoms with van der Waals surface area (Å²) in [5, 5.41) is 0. The number of rotatable bonds is 6. The van der Waals surface area contributed by atoms with Gasteiger partial charge in [0.15, 0.2) is 6.04 Å². The number of ether oxygens (including phenoxy) is 1. The van der Waals surface area contributed by atoms with Crippen LogP contribution in [0.3, 0.4) is 0 Å². The Kier molecular flexibility index (Phi) is 5.85. The first-order valence-electron chi connectivity index (χ1n) is 10.2.